The van der Waals surface area contributed by atoms with Gasteiger partial charge in [-0.15, -0.1) is 21.9 Å². The fraction of sp³-hybridized carbons (Fsp3) is 0.0217. The normalized spacial score (nSPS) is 11.5. The minimum atomic E-state index is -7.22. The fourth-order valence-corrected chi connectivity index (χ4v) is 7.93. The molecule has 0 aliphatic rings. The third kappa shape index (κ3) is 7.83. The number of benzene rings is 7. The molecular formula is C46H17BF20N2O. The van der Waals surface area contributed by atoms with Gasteiger partial charge in [0.25, 0.3) is 11.5 Å². The Kier molecular flexibility index (Phi) is 13.6. The molecule has 0 amide bonds. The van der Waals surface area contributed by atoms with Crippen molar-refractivity contribution in [1.29, 1.82) is 0 Å². The van der Waals surface area contributed by atoms with E-state index in [-0.39, 0.29) is 5.78 Å². The average Bonchev–Trinajstić information content (AvgIpc) is 3.36. The molecule has 1 heterocycles. The Morgan fingerprint density at radius 2 is 0.729 bits per heavy atom. The second-order valence-electron chi connectivity index (χ2n) is 14.7. The van der Waals surface area contributed by atoms with Gasteiger partial charge in [0.1, 0.15) is 58.9 Å². The lowest BCUT2D eigenvalue weighted by molar-refractivity contribution is -0.690. The van der Waals surface area contributed by atoms with Crippen LogP contribution in [-0.2, 0) is 6.54 Å². The predicted octanol–water partition coefficient (Wildman–Crippen LogP) is 9.65. The first-order valence-corrected chi connectivity index (χ1v) is 19.2. The van der Waals surface area contributed by atoms with E-state index < -0.39 is 144 Å². The zero-order valence-corrected chi connectivity index (χ0v) is 33.8. The van der Waals surface area contributed by atoms with Gasteiger partial charge in [-0.2, -0.15) is 4.57 Å². The highest BCUT2D eigenvalue weighted by molar-refractivity contribution is 7.20. The molecule has 0 radical (unpaired) electrons. The summed E-state index contributed by atoms with van der Waals surface area (Å²) in [5.41, 5.74) is -11.9. The molecule has 70 heavy (non-hydrogen) atoms. The Morgan fingerprint density at radius 3 is 1.11 bits per heavy atom. The van der Waals surface area contributed by atoms with E-state index in [0.717, 1.165) is 16.3 Å². The van der Waals surface area contributed by atoms with Crippen LogP contribution in [0, 0.1) is 116 Å². The van der Waals surface area contributed by atoms with Crippen LogP contribution in [0.15, 0.2) is 91.4 Å². The number of ketones is 1. The molecule has 360 valence electrons. The van der Waals surface area contributed by atoms with Gasteiger partial charge < -0.3 is 0 Å². The van der Waals surface area contributed by atoms with Crippen molar-refractivity contribution in [2.24, 2.45) is 0 Å². The zero-order chi connectivity index (χ0) is 51.4. The highest BCUT2D eigenvalue weighted by Crippen LogP contribution is 2.31. The average molecular weight is 1000 g/mol. The van der Waals surface area contributed by atoms with Crippen molar-refractivity contribution in [2.75, 3.05) is 0 Å². The molecule has 0 N–H and O–H groups in total. The number of carbonyl (C=O) groups excluding carboxylic acids is 1. The van der Waals surface area contributed by atoms with E-state index >= 15 is 35.1 Å². The van der Waals surface area contributed by atoms with Crippen molar-refractivity contribution in [3.63, 3.8) is 0 Å². The van der Waals surface area contributed by atoms with Crippen molar-refractivity contribution in [3.05, 3.63) is 225 Å². The number of hydrogen-bond acceptors (Lipinski definition) is 2. The lowest BCUT2D eigenvalue weighted by Crippen LogP contribution is -2.81. The molecule has 3 nitrogen and oxygen atoms in total. The first-order chi connectivity index (χ1) is 33.0. The van der Waals surface area contributed by atoms with Crippen LogP contribution in [0.3, 0.4) is 0 Å². The largest absolute Gasteiger partial charge is 0.282 e. The SMILES string of the molecule is Fc1c(F)c(F)c([B-](c2c(F)c(F)c(F)c(F)c2F)(c2c(F)c(F)c(F)c(F)c2F)c2c(F)c(F)c(F)c(F)c2F)c(F)c1F.O=C(c1cccc2ccccc12)c1cncc[n+]1Cc1ccccc1. The van der Waals surface area contributed by atoms with Gasteiger partial charge in [0.15, 0.2) is 82.5 Å². The molecule has 0 saturated heterocycles. The predicted molar refractivity (Wildman–Crippen MR) is 207 cm³/mol. The number of hydrogen-bond donors (Lipinski definition) is 0. The molecule has 0 aliphatic heterocycles. The quantitative estimate of drug-likeness (QED) is 0.0380. The Bertz CT molecular complexity index is 3060. The maximum atomic E-state index is 15.4. The molecule has 24 heteroatoms. The molecule has 0 atom stereocenters. The molecule has 0 aliphatic carbocycles. The van der Waals surface area contributed by atoms with Gasteiger partial charge in [0, 0.05) is 11.1 Å². The van der Waals surface area contributed by atoms with Crippen LogP contribution in [0.4, 0.5) is 87.8 Å². The molecule has 0 fully saturated rings. The second kappa shape index (κ2) is 19.0. The first-order valence-electron chi connectivity index (χ1n) is 19.2. The summed E-state index contributed by atoms with van der Waals surface area (Å²) in [6, 6.07) is 23.9. The summed E-state index contributed by atoms with van der Waals surface area (Å²) < 4.78 is 296. The number of halogens is 20. The number of aromatic nitrogens is 2. The van der Waals surface area contributed by atoms with E-state index in [1.807, 2.05) is 71.4 Å². The van der Waals surface area contributed by atoms with Crippen LogP contribution in [0.2, 0.25) is 0 Å². The van der Waals surface area contributed by atoms with Crippen LogP contribution in [0.1, 0.15) is 21.6 Å². The third-order valence-electron chi connectivity index (χ3n) is 11.0. The van der Waals surface area contributed by atoms with Crippen LogP contribution in [-0.4, -0.2) is 16.9 Å². The second-order valence-corrected chi connectivity index (χ2v) is 14.7. The molecule has 1 aromatic heterocycles. The van der Waals surface area contributed by atoms with E-state index in [0.29, 0.717) is 17.8 Å². The first kappa shape index (κ1) is 50.1. The van der Waals surface area contributed by atoms with Gasteiger partial charge in [0.2, 0.25) is 0 Å². The van der Waals surface area contributed by atoms with Gasteiger partial charge in [-0.1, -0.05) is 72.8 Å². The molecule has 0 saturated carbocycles. The maximum absolute atomic E-state index is 15.4. The van der Waals surface area contributed by atoms with E-state index in [1.54, 1.807) is 12.4 Å². The van der Waals surface area contributed by atoms with E-state index in [2.05, 4.69) is 17.1 Å². The molecule has 8 rings (SSSR count). The lowest BCUT2D eigenvalue weighted by atomic mass is 9.12. The van der Waals surface area contributed by atoms with Crippen LogP contribution >= 0.6 is 0 Å². The smallest absolute Gasteiger partial charge is 0.272 e. The standard InChI is InChI=1S/C24BF20.C22H17N2O/c26-5-1(6(27)14(35)21(42)13(5)34)25(2-7(28)15(36)22(43)16(37)8(2)29,3-9(30)17(38)23(44)18(39)10(3)31)4-11(32)19(40)24(45)20(41)12(4)33;25-22(20-12-6-10-18-9-4-5-11-19(18)20)21-15-23-13-14-24(21)16-17-7-2-1-3-8-17/h;1-15H,16H2/q-1;+1. The van der Waals surface area contributed by atoms with Crippen molar-refractivity contribution in [2.45, 2.75) is 6.54 Å². The topological polar surface area (TPSA) is 33.8 Å². The summed E-state index contributed by atoms with van der Waals surface area (Å²) >= 11 is 0. The summed E-state index contributed by atoms with van der Waals surface area (Å²) in [6.45, 7) is 0.634. The summed E-state index contributed by atoms with van der Waals surface area (Å²) in [6.07, 6.45) is -2.01. The number of rotatable bonds is 8. The van der Waals surface area contributed by atoms with Crippen LogP contribution < -0.4 is 26.4 Å². The zero-order valence-electron chi connectivity index (χ0n) is 33.8. The summed E-state index contributed by atoms with van der Waals surface area (Å²) in [5, 5.41) is 2.02. The fourth-order valence-electron chi connectivity index (χ4n) is 7.93. The molecule has 8 aromatic rings. The highest BCUT2D eigenvalue weighted by Gasteiger charge is 2.52. The van der Waals surface area contributed by atoms with Crippen LogP contribution in [0.25, 0.3) is 10.8 Å². The van der Waals surface area contributed by atoms with Gasteiger partial charge in [-0.05, 0) is 10.8 Å². The molecule has 0 unspecified atom stereocenters. The number of carbonyl (C=O) groups is 1. The van der Waals surface area contributed by atoms with Gasteiger partial charge in [-0.3, -0.25) is 9.78 Å². The maximum Gasteiger partial charge on any atom is 0.272 e. The Hall–Kier alpha value is -7.79. The molecule has 0 spiro atoms. The Morgan fingerprint density at radius 1 is 0.400 bits per heavy atom. The van der Waals surface area contributed by atoms with E-state index in [9.17, 15) is 57.5 Å². The van der Waals surface area contributed by atoms with Crippen LogP contribution in [0.5, 0.6) is 0 Å². The van der Waals surface area contributed by atoms with Gasteiger partial charge in [0.05, 0.1) is 6.20 Å². The molecule has 0 bridgehead atoms. The van der Waals surface area contributed by atoms with Crippen molar-refractivity contribution >= 4 is 44.6 Å². The number of fused-ring (bicyclic) bond motifs is 1. The van der Waals surface area contributed by atoms with Crippen molar-refractivity contribution < 1.29 is 97.2 Å². The minimum Gasteiger partial charge on any atom is -0.282 e. The van der Waals surface area contributed by atoms with E-state index in [1.165, 1.54) is 0 Å². The molecule has 7 aromatic carbocycles. The monoisotopic (exact) mass is 1000 g/mol. The van der Waals surface area contributed by atoms with Crippen molar-refractivity contribution in [3.8, 4) is 0 Å². The Labute approximate surface area is 377 Å². The lowest BCUT2D eigenvalue weighted by Gasteiger charge is -2.44. The summed E-state index contributed by atoms with van der Waals surface area (Å²) in [7, 11) is 0. The van der Waals surface area contributed by atoms with E-state index in [4.69, 9.17) is 0 Å². The summed E-state index contributed by atoms with van der Waals surface area (Å²) in [5.74, 6) is -71.4. The molecular weight excluding hydrogens is 987 g/mol. The van der Waals surface area contributed by atoms with Crippen molar-refractivity contribution in [1.82, 2.24) is 4.98 Å². The Balaban J connectivity index is 0.000000242. The van der Waals surface area contributed by atoms with Gasteiger partial charge in [-0.25, -0.2) is 87.8 Å². The highest BCUT2D eigenvalue weighted by atomic mass is 19.2. The minimum absolute atomic E-state index is 0.0131. The number of nitrogens with zero attached hydrogens (tertiary/aromatic N) is 2. The summed E-state index contributed by atoms with van der Waals surface area (Å²) in [4.78, 5) is 17.4. The third-order valence-corrected chi connectivity index (χ3v) is 11.0. The van der Waals surface area contributed by atoms with Gasteiger partial charge >= 0.3 is 0 Å².